The first-order valence-electron chi connectivity index (χ1n) is 13.4. The number of ether oxygens (including phenoxy) is 2. The van der Waals surface area contributed by atoms with Crippen molar-refractivity contribution in [2.24, 2.45) is 0 Å². The van der Waals surface area contributed by atoms with E-state index in [2.05, 4.69) is 0 Å². The Labute approximate surface area is 276 Å². The molecule has 1 radical (unpaired) electrons. The van der Waals surface area contributed by atoms with E-state index in [0.29, 0.717) is 25.7 Å². The number of benzene rings is 1. The van der Waals surface area contributed by atoms with Crippen LogP contribution >= 0.6 is 11.3 Å². The van der Waals surface area contributed by atoms with E-state index < -0.39 is 45.8 Å². The molecule has 0 aliphatic heterocycles. The second kappa shape index (κ2) is 11.9. The van der Waals surface area contributed by atoms with Gasteiger partial charge in [-0.3, -0.25) is 4.79 Å². The first-order valence-corrected chi connectivity index (χ1v) is 14.2. The van der Waals surface area contributed by atoms with Gasteiger partial charge in [-0.05, 0) is 71.4 Å². The third-order valence-corrected chi connectivity index (χ3v) is 8.49. The second-order valence-electron chi connectivity index (χ2n) is 11.3. The maximum Gasteiger partial charge on any atom is 0.410 e. The molecule has 12 heteroatoms. The zero-order valence-corrected chi connectivity index (χ0v) is 29.3. The van der Waals surface area contributed by atoms with E-state index in [0.717, 1.165) is 16.9 Å². The summed E-state index contributed by atoms with van der Waals surface area (Å²) >= 11 is 1.23. The molecule has 1 N–H and O–H groups in total. The van der Waals surface area contributed by atoms with Gasteiger partial charge in [0.25, 0.3) is 0 Å². The van der Waals surface area contributed by atoms with Crippen LogP contribution in [-0.4, -0.2) is 40.8 Å². The van der Waals surface area contributed by atoms with Crippen molar-refractivity contribution in [2.75, 3.05) is 13.7 Å². The molecule has 1 aromatic carbocycles. The van der Waals surface area contributed by atoms with Crippen LogP contribution in [0, 0.1) is 55.7 Å². The molecule has 0 saturated heterocycles. The van der Waals surface area contributed by atoms with Crippen LogP contribution in [0.15, 0.2) is 17.1 Å². The minimum Gasteiger partial charge on any atom is -0.696 e. The third-order valence-electron chi connectivity index (χ3n) is 7.26. The molecule has 2 aromatic heterocycles. The summed E-state index contributed by atoms with van der Waals surface area (Å²) in [6, 6.07) is 1.18. The molecule has 1 atom stereocenters. The predicted octanol–water partition coefficient (Wildman–Crippen LogP) is 7.45. The van der Waals surface area contributed by atoms with E-state index >= 15 is 8.78 Å². The van der Waals surface area contributed by atoms with E-state index in [9.17, 15) is 14.4 Å². The molecule has 3 aromatic rings. The molecule has 1 amide bonds. The molecule has 2 aliphatic rings. The smallest absolute Gasteiger partial charge is 0.410 e. The Hall–Kier alpha value is -2.03. The number of amides is 1. The summed E-state index contributed by atoms with van der Waals surface area (Å²) in [5.41, 5.74) is 6.08. The molecule has 1 saturated carbocycles. The van der Waals surface area contributed by atoms with Gasteiger partial charge in [-0.25, -0.2) is 18.4 Å². The van der Waals surface area contributed by atoms with Crippen molar-refractivity contribution in [2.45, 2.75) is 77.5 Å². The molecule has 2 aliphatic carbocycles. The largest absolute Gasteiger partial charge is 0.696 e. The van der Waals surface area contributed by atoms with Gasteiger partial charge in [0.15, 0.2) is 5.82 Å². The Morgan fingerprint density at radius 2 is 1.88 bits per heavy atom. The van der Waals surface area contributed by atoms with E-state index in [4.69, 9.17) is 15.2 Å². The van der Waals surface area contributed by atoms with Crippen LogP contribution < -0.4 is 5.43 Å². The van der Waals surface area contributed by atoms with Crippen molar-refractivity contribution in [3.05, 3.63) is 55.9 Å². The van der Waals surface area contributed by atoms with Crippen molar-refractivity contribution in [1.82, 2.24) is 9.47 Å². The maximum absolute atomic E-state index is 16.4. The first kappa shape index (κ1) is 31.9. The number of aryl methyl sites for hydroxylation is 1. The number of nitrogens with zero attached hydrogens (tertiary/aromatic N) is 2. The number of pyridine rings is 1. The second-order valence-corrected chi connectivity index (χ2v) is 12.5. The van der Waals surface area contributed by atoms with Gasteiger partial charge < -0.3 is 24.7 Å². The Morgan fingerprint density at radius 3 is 2.49 bits per heavy atom. The molecule has 8 nitrogen and oxygen atoms in total. The Bertz CT molecular complexity index is 1590. The van der Waals surface area contributed by atoms with E-state index in [1.165, 1.54) is 27.0 Å². The molecule has 217 valence electrons. The molecule has 41 heavy (non-hydrogen) atoms. The third kappa shape index (κ3) is 5.94. The Kier molecular flexibility index (Phi) is 9.28. The summed E-state index contributed by atoms with van der Waals surface area (Å²) in [5, 5.41) is -0.472. The summed E-state index contributed by atoms with van der Waals surface area (Å²) in [6.45, 7) is 6.98. The minimum absolute atomic E-state index is 0. The normalized spacial score (nSPS) is 16.6. The number of carbonyl (C=O) groups is 2. The van der Waals surface area contributed by atoms with Crippen LogP contribution in [0.4, 0.5) is 19.3 Å². The van der Waals surface area contributed by atoms with Crippen LogP contribution in [-0.2, 0) is 15.9 Å². The standard InChI is InChI=1S/C29H33F2N3O5S.Ac/c1-6-38-27(36)16-13-34(14-10-11-14)25-21(26(16)35)24(32)22(30)20(23(25)31)19-12-15-17(8-7-9-18(15)40-19)33(5)28(37)39-29(2,3)4;/h12-14,17H,6-11H2,1-5H3,(H2,32,35);/p-1. The van der Waals surface area contributed by atoms with E-state index in [1.807, 2.05) is 0 Å². The molecule has 5 rings (SSSR count). The fraction of sp³-hybridized carbons (Fsp3) is 0.483. The van der Waals surface area contributed by atoms with Gasteiger partial charge in [-0.15, -0.1) is 11.3 Å². The molecule has 2 heterocycles. The van der Waals surface area contributed by atoms with Gasteiger partial charge in [-0.2, -0.15) is 0 Å². The maximum atomic E-state index is 16.4. The van der Waals surface area contributed by atoms with Crippen molar-refractivity contribution < 1.29 is 71.9 Å². The molecular formula is C29H32AcF2N3O5S-. The number of hydrogen-bond acceptors (Lipinski definition) is 6. The quantitative estimate of drug-likeness (QED) is 0.250. The van der Waals surface area contributed by atoms with E-state index in [-0.39, 0.29) is 84.3 Å². The van der Waals surface area contributed by atoms with Gasteiger partial charge in [0.2, 0.25) is 5.43 Å². The molecule has 1 unspecified atom stereocenters. The number of esters is 1. The number of aromatic nitrogens is 1. The fourth-order valence-electron chi connectivity index (χ4n) is 5.27. The summed E-state index contributed by atoms with van der Waals surface area (Å²) in [7, 11) is 1.65. The average Bonchev–Trinajstić information content (AvgIpc) is 3.64. The number of thiophene rings is 1. The Morgan fingerprint density at radius 1 is 1.20 bits per heavy atom. The first-order chi connectivity index (χ1) is 18.8. The van der Waals surface area contributed by atoms with Crippen LogP contribution in [0.25, 0.3) is 27.1 Å². The van der Waals surface area contributed by atoms with Gasteiger partial charge in [0.1, 0.15) is 17.0 Å². The predicted molar refractivity (Wildman–Crippen MR) is 149 cm³/mol. The Balaban J connectivity index is 0.00000387. The number of carbonyl (C=O) groups excluding carboxylic acids is 2. The zero-order valence-electron chi connectivity index (χ0n) is 23.7. The van der Waals surface area contributed by atoms with Crippen LogP contribution in [0.1, 0.15) is 86.3 Å². The van der Waals surface area contributed by atoms with Gasteiger partial charge in [0.05, 0.1) is 23.7 Å². The van der Waals surface area contributed by atoms with Crippen LogP contribution in [0.2, 0.25) is 0 Å². The van der Waals surface area contributed by atoms with Crippen molar-refractivity contribution >= 4 is 40.0 Å². The number of rotatable bonds is 5. The number of fused-ring (bicyclic) bond motifs is 2. The van der Waals surface area contributed by atoms with Crippen molar-refractivity contribution in [1.29, 1.82) is 0 Å². The molecule has 0 spiro atoms. The number of halogens is 2. The minimum atomic E-state index is -1.17. The number of hydrogen-bond donors (Lipinski definition) is 0. The summed E-state index contributed by atoms with van der Waals surface area (Å²) in [5.74, 6) is -3.00. The average molecular weight is 800 g/mol. The summed E-state index contributed by atoms with van der Waals surface area (Å²) in [4.78, 5) is 41.2. The van der Waals surface area contributed by atoms with Crippen molar-refractivity contribution in [3.63, 3.8) is 0 Å². The SMILES string of the molecule is CCOC(=O)c1cn(C2CC2)c2c(F)c(-c3cc4c(s3)CCCC4N(C)C(=O)OC(C)(C)C)c(F)c([NH-])c2c1=O.[Ac]. The summed E-state index contributed by atoms with van der Waals surface area (Å²) < 4.78 is 44.2. The van der Waals surface area contributed by atoms with Gasteiger partial charge >= 0.3 is 12.1 Å². The number of nitrogens with one attached hydrogen (secondary N) is 1. The van der Waals surface area contributed by atoms with Crippen LogP contribution in [0.3, 0.4) is 0 Å². The molecule has 1 fully saturated rings. The van der Waals surface area contributed by atoms with Gasteiger partial charge in [0, 0.05) is 78.5 Å². The molecular weight excluding hydrogens is 767 g/mol. The topological polar surface area (TPSA) is 102 Å². The summed E-state index contributed by atoms with van der Waals surface area (Å²) in [6.07, 6.45) is 4.34. The van der Waals surface area contributed by atoms with Crippen LogP contribution in [0.5, 0.6) is 0 Å². The zero-order chi connectivity index (χ0) is 29.1. The fourth-order valence-corrected chi connectivity index (χ4v) is 6.56. The van der Waals surface area contributed by atoms with E-state index in [1.54, 1.807) is 40.8 Å². The van der Waals surface area contributed by atoms with Gasteiger partial charge in [-0.1, -0.05) is 5.69 Å². The monoisotopic (exact) mass is 799 g/mol. The molecule has 0 bridgehead atoms. The van der Waals surface area contributed by atoms with Crippen molar-refractivity contribution in [3.8, 4) is 10.4 Å².